The normalized spacial score (nSPS) is 10.3. The molecule has 0 aliphatic heterocycles. The number of ether oxygens (including phenoxy) is 1. The highest BCUT2D eigenvalue weighted by atomic mass is 33.5. The van der Waals surface area contributed by atoms with Crippen LogP contribution in [0.2, 0.25) is 0 Å². The lowest BCUT2D eigenvalue weighted by Gasteiger charge is -2.04. The van der Waals surface area contributed by atoms with Crippen molar-refractivity contribution >= 4 is 37.4 Å². The Hall–Kier alpha value is -0.260. The first kappa shape index (κ1) is 15.8. The molecule has 18 heavy (non-hydrogen) atoms. The van der Waals surface area contributed by atoms with Crippen molar-refractivity contribution in [3.8, 4) is 0 Å². The maximum atomic E-state index is 11.6. The smallest absolute Gasteiger partial charge is 0.338 e. The molecule has 1 aromatic carbocycles. The fourth-order valence-corrected chi connectivity index (χ4v) is 4.90. The Morgan fingerprint density at radius 3 is 2.61 bits per heavy atom. The molecular formula is C13H18O2S3. The summed E-state index contributed by atoms with van der Waals surface area (Å²) >= 11 is 0. The Balaban J connectivity index is 2.00. The number of hydrogen-bond donors (Lipinski definition) is 0. The summed E-state index contributed by atoms with van der Waals surface area (Å²) in [7, 11) is 5.40. The molecule has 0 amide bonds. The summed E-state index contributed by atoms with van der Waals surface area (Å²) in [5.74, 6) is 1.79. The minimum absolute atomic E-state index is 0.236. The Morgan fingerprint density at radius 1 is 1.17 bits per heavy atom. The van der Waals surface area contributed by atoms with Crippen LogP contribution in [0, 0.1) is 0 Å². The molecular weight excluding hydrogens is 284 g/mol. The first-order valence-corrected chi connectivity index (χ1v) is 9.80. The zero-order valence-corrected chi connectivity index (χ0v) is 12.9. The van der Waals surface area contributed by atoms with E-state index < -0.39 is 0 Å². The first-order chi connectivity index (χ1) is 8.84. The van der Waals surface area contributed by atoms with Crippen LogP contribution in [0.15, 0.2) is 30.3 Å². The average Bonchev–Trinajstić information content (AvgIpc) is 2.42. The van der Waals surface area contributed by atoms with Gasteiger partial charge < -0.3 is 4.74 Å². The number of carbonyl (C=O) groups is 1. The summed E-state index contributed by atoms with van der Waals surface area (Å²) in [4.78, 5) is 11.6. The third-order valence-corrected chi connectivity index (χ3v) is 6.38. The molecule has 100 valence electrons. The number of rotatable bonds is 9. The molecule has 0 aliphatic rings. The number of benzene rings is 1. The third-order valence-electron chi connectivity index (χ3n) is 2.09. The van der Waals surface area contributed by atoms with Crippen molar-refractivity contribution in [3.05, 3.63) is 35.9 Å². The minimum Gasteiger partial charge on any atom is -0.461 e. The van der Waals surface area contributed by atoms with Gasteiger partial charge in [0.25, 0.3) is 0 Å². The summed E-state index contributed by atoms with van der Waals surface area (Å²) in [5.41, 5.74) is 0.618. The van der Waals surface area contributed by atoms with E-state index in [-0.39, 0.29) is 5.97 Å². The lowest BCUT2D eigenvalue weighted by atomic mass is 10.2. The van der Waals surface area contributed by atoms with Crippen molar-refractivity contribution in [1.29, 1.82) is 0 Å². The average molecular weight is 302 g/mol. The van der Waals surface area contributed by atoms with Crippen molar-refractivity contribution in [2.45, 2.75) is 19.8 Å². The lowest BCUT2D eigenvalue weighted by molar-refractivity contribution is 0.0530. The molecule has 0 atom stereocenters. The van der Waals surface area contributed by atoms with Crippen molar-refractivity contribution in [2.75, 3.05) is 18.1 Å². The highest BCUT2D eigenvalue weighted by Gasteiger charge is 2.04. The molecule has 1 aromatic rings. The second-order valence-corrected chi connectivity index (χ2v) is 8.04. The Labute approximate surface area is 120 Å². The monoisotopic (exact) mass is 302 g/mol. The highest BCUT2D eigenvalue weighted by molar-refractivity contribution is 9.09. The van der Waals surface area contributed by atoms with Gasteiger partial charge in [-0.05, 0) is 28.4 Å². The fraction of sp³-hybridized carbons (Fsp3) is 0.462. The van der Waals surface area contributed by atoms with E-state index in [4.69, 9.17) is 4.74 Å². The highest BCUT2D eigenvalue weighted by Crippen LogP contribution is 2.34. The van der Waals surface area contributed by atoms with Gasteiger partial charge in [0.2, 0.25) is 0 Å². The van der Waals surface area contributed by atoms with E-state index in [1.54, 1.807) is 32.8 Å². The van der Waals surface area contributed by atoms with E-state index in [0.29, 0.717) is 12.2 Å². The maximum Gasteiger partial charge on any atom is 0.338 e. The molecule has 5 heteroatoms. The van der Waals surface area contributed by atoms with E-state index in [1.807, 2.05) is 29.0 Å². The predicted octanol–water partition coefficient (Wildman–Crippen LogP) is 4.67. The molecule has 0 bridgehead atoms. The van der Waals surface area contributed by atoms with Gasteiger partial charge in [0.15, 0.2) is 0 Å². The second kappa shape index (κ2) is 10.6. The van der Waals surface area contributed by atoms with Gasteiger partial charge in [-0.1, -0.05) is 53.1 Å². The van der Waals surface area contributed by atoms with Crippen LogP contribution in [0.3, 0.4) is 0 Å². The molecule has 0 saturated heterocycles. The lowest BCUT2D eigenvalue weighted by Crippen LogP contribution is -2.07. The quantitative estimate of drug-likeness (QED) is 0.375. The van der Waals surface area contributed by atoms with Crippen LogP contribution in [-0.2, 0) is 4.74 Å². The number of esters is 1. The second-order valence-electron chi connectivity index (χ2n) is 3.57. The molecule has 0 aromatic heterocycles. The summed E-state index contributed by atoms with van der Waals surface area (Å²) in [5, 5.41) is 0. The fourth-order valence-electron chi connectivity index (χ4n) is 1.13. The first-order valence-electron chi connectivity index (χ1n) is 5.98. The molecule has 0 aliphatic carbocycles. The number of unbranched alkanes of at least 4 members (excludes halogenated alkanes) is 1. The van der Waals surface area contributed by atoms with Gasteiger partial charge in [-0.2, -0.15) is 0 Å². The zero-order chi connectivity index (χ0) is 13.1. The topological polar surface area (TPSA) is 26.3 Å². The SMILES string of the molecule is CCCCSSSCCOC(=O)c1ccccc1. The van der Waals surface area contributed by atoms with Crippen LogP contribution in [0.1, 0.15) is 30.1 Å². The van der Waals surface area contributed by atoms with Crippen LogP contribution in [0.25, 0.3) is 0 Å². The van der Waals surface area contributed by atoms with Gasteiger partial charge in [-0.15, -0.1) is 0 Å². The molecule has 0 heterocycles. The van der Waals surface area contributed by atoms with Crippen molar-refractivity contribution in [1.82, 2.24) is 0 Å². The van der Waals surface area contributed by atoms with E-state index in [2.05, 4.69) is 6.92 Å². The van der Waals surface area contributed by atoms with Gasteiger partial charge in [-0.25, -0.2) is 4.79 Å². The predicted molar refractivity (Wildman–Crippen MR) is 84.1 cm³/mol. The van der Waals surface area contributed by atoms with Gasteiger partial charge in [-0.3, -0.25) is 0 Å². The van der Waals surface area contributed by atoms with Crippen LogP contribution in [-0.4, -0.2) is 24.1 Å². The van der Waals surface area contributed by atoms with Gasteiger partial charge in [0.1, 0.15) is 6.61 Å². The Morgan fingerprint density at radius 2 is 1.89 bits per heavy atom. The van der Waals surface area contributed by atoms with E-state index in [0.717, 1.165) is 5.75 Å². The van der Waals surface area contributed by atoms with Gasteiger partial charge in [0, 0.05) is 11.5 Å². The third kappa shape index (κ3) is 7.24. The molecule has 1 rings (SSSR count). The maximum absolute atomic E-state index is 11.6. The van der Waals surface area contributed by atoms with Crippen molar-refractivity contribution in [3.63, 3.8) is 0 Å². The molecule has 0 spiro atoms. The number of hydrogen-bond acceptors (Lipinski definition) is 5. The van der Waals surface area contributed by atoms with Crippen LogP contribution < -0.4 is 0 Å². The summed E-state index contributed by atoms with van der Waals surface area (Å²) < 4.78 is 5.17. The molecule has 0 saturated carbocycles. The minimum atomic E-state index is -0.236. The number of carbonyl (C=O) groups excluding carboxylic acids is 1. The van der Waals surface area contributed by atoms with Crippen molar-refractivity contribution < 1.29 is 9.53 Å². The van der Waals surface area contributed by atoms with Crippen LogP contribution in [0.5, 0.6) is 0 Å². The largest absolute Gasteiger partial charge is 0.461 e. The standard InChI is InChI=1S/C13H18O2S3/c1-2-3-10-16-18-17-11-9-15-13(14)12-7-5-4-6-8-12/h4-8H,2-3,9-11H2,1H3. The summed E-state index contributed by atoms with van der Waals surface area (Å²) in [6.07, 6.45) is 2.51. The Bertz CT molecular complexity index is 330. The summed E-state index contributed by atoms with van der Waals surface area (Å²) in [6, 6.07) is 9.10. The molecule has 0 radical (unpaired) electrons. The Kier molecular flexibility index (Phi) is 9.34. The molecule has 0 unspecified atom stereocenters. The van der Waals surface area contributed by atoms with E-state index >= 15 is 0 Å². The van der Waals surface area contributed by atoms with Crippen LogP contribution >= 0.6 is 31.4 Å². The van der Waals surface area contributed by atoms with E-state index in [1.165, 1.54) is 18.6 Å². The van der Waals surface area contributed by atoms with Crippen LogP contribution in [0.4, 0.5) is 0 Å². The van der Waals surface area contributed by atoms with Crippen molar-refractivity contribution in [2.24, 2.45) is 0 Å². The van der Waals surface area contributed by atoms with Gasteiger partial charge >= 0.3 is 5.97 Å². The van der Waals surface area contributed by atoms with E-state index in [9.17, 15) is 4.79 Å². The molecule has 0 N–H and O–H groups in total. The summed E-state index contributed by atoms with van der Waals surface area (Å²) in [6.45, 7) is 2.67. The molecule has 2 nitrogen and oxygen atoms in total. The van der Waals surface area contributed by atoms with Gasteiger partial charge in [0.05, 0.1) is 5.56 Å². The molecule has 0 fully saturated rings. The zero-order valence-electron chi connectivity index (χ0n) is 10.5.